The Morgan fingerprint density at radius 2 is 1.96 bits per heavy atom. The fourth-order valence-corrected chi connectivity index (χ4v) is 3.01. The first-order valence-electron chi connectivity index (χ1n) is 8.91. The Kier molecular flexibility index (Phi) is 5.87. The highest BCUT2D eigenvalue weighted by molar-refractivity contribution is 5.86. The van der Waals surface area contributed by atoms with Crippen LogP contribution in [0.5, 0.6) is 0 Å². The van der Waals surface area contributed by atoms with E-state index in [1.165, 1.54) is 12.0 Å². The number of anilines is 2. The summed E-state index contributed by atoms with van der Waals surface area (Å²) in [6.45, 7) is 6.18. The van der Waals surface area contributed by atoms with E-state index in [1.54, 1.807) is 0 Å². The van der Waals surface area contributed by atoms with Crippen LogP contribution in [0.2, 0.25) is 0 Å². The Morgan fingerprint density at radius 1 is 1.19 bits per heavy atom. The van der Waals surface area contributed by atoms with Gasteiger partial charge in [0.05, 0.1) is 26.9 Å². The fraction of sp³-hybridized carbons (Fsp3) is 0.647. The van der Waals surface area contributed by atoms with Gasteiger partial charge >= 0.3 is 5.97 Å². The molecule has 0 aliphatic carbocycles. The molecule has 1 aromatic rings. The summed E-state index contributed by atoms with van der Waals surface area (Å²) in [5, 5.41) is 0. The highest BCUT2D eigenvalue weighted by Crippen LogP contribution is 2.20. The van der Waals surface area contributed by atoms with Crippen LogP contribution in [0.25, 0.3) is 0 Å². The van der Waals surface area contributed by atoms with Crippen LogP contribution in [0.1, 0.15) is 12.6 Å². The van der Waals surface area contributed by atoms with Gasteiger partial charge in [0, 0.05) is 37.9 Å². The molecule has 9 heteroatoms. The number of carbonyl (C=O) groups is 2. The van der Waals surface area contributed by atoms with E-state index >= 15 is 0 Å². The number of piperazine rings is 1. The Balaban J connectivity index is 1.74. The lowest BCUT2D eigenvalue weighted by Gasteiger charge is -2.35. The number of ether oxygens (including phenoxy) is 2. The topological polar surface area (TPSA) is 88.1 Å². The van der Waals surface area contributed by atoms with Gasteiger partial charge in [-0.3, -0.25) is 9.59 Å². The highest BCUT2D eigenvalue weighted by Gasteiger charge is 2.27. The number of hydrogen-bond donors (Lipinski definition) is 0. The zero-order chi connectivity index (χ0) is 18.5. The second-order valence-corrected chi connectivity index (χ2v) is 6.28. The summed E-state index contributed by atoms with van der Waals surface area (Å²) in [5.41, 5.74) is 0.945. The van der Waals surface area contributed by atoms with Crippen LogP contribution in [0.15, 0.2) is 6.07 Å². The summed E-state index contributed by atoms with van der Waals surface area (Å²) < 4.78 is 10.0. The smallest absolute Gasteiger partial charge is 0.325 e. The third-order valence-electron chi connectivity index (χ3n) is 4.60. The molecule has 0 bridgehead atoms. The SMILES string of the molecule is CCc1cc(N2CCN(CC(=O)OC)C(=O)C2)nc(N2CCOCC2)n1. The normalized spacial score (nSPS) is 18.2. The molecule has 3 heterocycles. The van der Waals surface area contributed by atoms with Gasteiger partial charge in [-0.1, -0.05) is 6.92 Å². The first-order valence-corrected chi connectivity index (χ1v) is 8.91. The standard InChI is InChI=1S/C17H25N5O4/c1-3-13-10-14(19-17(18-13)20-6-8-26-9-7-20)21-4-5-22(15(23)11-21)12-16(24)25-2/h10H,3-9,11-12H2,1-2H3. The Hall–Kier alpha value is -2.42. The van der Waals surface area contributed by atoms with Crippen molar-refractivity contribution in [2.24, 2.45) is 0 Å². The molecule has 0 atom stereocenters. The summed E-state index contributed by atoms with van der Waals surface area (Å²) in [7, 11) is 1.32. The zero-order valence-electron chi connectivity index (χ0n) is 15.3. The van der Waals surface area contributed by atoms with Crippen LogP contribution >= 0.6 is 0 Å². The van der Waals surface area contributed by atoms with Gasteiger partial charge in [-0.25, -0.2) is 4.98 Å². The first kappa shape index (κ1) is 18.4. The van der Waals surface area contributed by atoms with E-state index < -0.39 is 5.97 Å². The summed E-state index contributed by atoms with van der Waals surface area (Å²) in [6.07, 6.45) is 0.795. The molecule has 0 saturated carbocycles. The van der Waals surface area contributed by atoms with Gasteiger partial charge in [0.1, 0.15) is 12.4 Å². The predicted octanol–water partition coefficient (Wildman–Crippen LogP) is -0.303. The third kappa shape index (κ3) is 4.21. The molecular weight excluding hydrogens is 338 g/mol. The van der Waals surface area contributed by atoms with Crippen LogP contribution in [-0.4, -0.2) is 86.3 Å². The number of aryl methyl sites for hydroxylation is 1. The van der Waals surface area contributed by atoms with Crippen LogP contribution in [0.3, 0.4) is 0 Å². The third-order valence-corrected chi connectivity index (χ3v) is 4.60. The molecule has 0 aromatic carbocycles. The monoisotopic (exact) mass is 363 g/mol. The predicted molar refractivity (Wildman–Crippen MR) is 95.3 cm³/mol. The van der Waals surface area contributed by atoms with Crippen LogP contribution in [0.4, 0.5) is 11.8 Å². The lowest BCUT2D eigenvalue weighted by molar-refractivity contribution is -0.147. The zero-order valence-corrected chi connectivity index (χ0v) is 15.3. The van der Waals surface area contributed by atoms with Crippen molar-refractivity contribution >= 4 is 23.6 Å². The number of hydrogen-bond acceptors (Lipinski definition) is 8. The van der Waals surface area contributed by atoms with Crippen LogP contribution < -0.4 is 9.80 Å². The van der Waals surface area contributed by atoms with Crippen molar-refractivity contribution in [3.8, 4) is 0 Å². The molecule has 3 rings (SSSR count). The average molecular weight is 363 g/mol. The van der Waals surface area contributed by atoms with Crippen molar-refractivity contribution in [1.82, 2.24) is 14.9 Å². The van der Waals surface area contributed by atoms with Crippen molar-refractivity contribution in [3.63, 3.8) is 0 Å². The molecule has 9 nitrogen and oxygen atoms in total. The van der Waals surface area contributed by atoms with Gasteiger partial charge in [-0.2, -0.15) is 4.98 Å². The van der Waals surface area contributed by atoms with E-state index in [2.05, 4.69) is 26.5 Å². The number of rotatable bonds is 5. The van der Waals surface area contributed by atoms with Gasteiger partial charge in [0.15, 0.2) is 0 Å². The maximum Gasteiger partial charge on any atom is 0.325 e. The van der Waals surface area contributed by atoms with Crippen molar-refractivity contribution in [3.05, 3.63) is 11.8 Å². The molecule has 26 heavy (non-hydrogen) atoms. The molecule has 0 spiro atoms. The van der Waals surface area contributed by atoms with E-state index in [9.17, 15) is 9.59 Å². The molecule has 2 saturated heterocycles. The second-order valence-electron chi connectivity index (χ2n) is 6.28. The summed E-state index contributed by atoms with van der Waals surface area (Å²) >= 11 is 0. The molecule has 2 aliphatic heterocycles. The number of methoxy groups -OCH3 is 1. The number of morpholine rings is 1. The van der Waals surface area contributed by atoms with Crippen molar-refractivity contribution in [2.45, 2.75) is 13.3 Å². The number of esters is 1. The Labute approximate surface area is 152 Å². The van der Waals surface area contributed by atoms with Crippen LogP contribution in [0, 0.1) is 0 Å². The molecule has 1 aromatic heterocycles. The first-order chi connectivity index (χ1) is 12.6. The van der Waals surface area contributed by atoms with Gasteiger partial charge in [0.25, 0.3) is 0 Å². The molecule has 0 radical (unpaired) electrons. The highest BCUT2D eigenvalue weighted by atomic mass is 16.5. The number of carbonyl (C=O) groups excluding carboxylic acids is 2. The summed E-state index contributed by atoms with van der Waals surface area (Å²) in [6, 6.07) is 1.94. The summed E-state index contributed by atoms with van der Waals surface area (Å²) in [5.74, 6) is 0.930. The van der Waals surface area contributed by atoms with E-state index in [1.807, 2.05) is 11.0 Å². The number of aromatic nitrogens is 2. The number of nitrogens with zero attached hydrogens (tertiary/aromatic N) is 5. The lowest BCUT2D eigenvalue weighted by Crippen LogP contribution is -2.52. The Morgan fingerprint density at radius 3 is 2.62 bits per heavy atom. The van der Waals surface area contributed by atoms with Gasteiger partial charge in [-0.05, 0) is 6.42 Å². The molecule has 2 aliphatic rings. The summed E-state index contributed by atoms with van der Waals surface area (Å²) in [4.78, 5) is 38.7. The minimum atomic E-state index is -0.406. The maximum atomic E-state index is 12.4. The van der Waals surface area contributed by atoms with Crippen molar-refractivity contribution in [2.75, 3.05) is 69.4 Å². The van der Waals surface area contributed by atoms with Crippen molar-refractivity contribution < 1.29 is 19.1 Å². The van der Waals surface area contributed by atoms with Gasteiger partial charge in [-0.15, -0.1) is 0 Å². The molecule has 0 N–H and O–H groups in total. The maximum absolute atomic E-state index is 12.4. The molecule has 1 amide bonds. The molecule has 142 valence electrons. The lowest BCUT2D eigenvalue weighted by atomic mass is 10.2. The van der Waals surface area contributed by atoms with E-state index in [-0.39, 0.29) is 19.0 Å². The second kappa shape index (κ2) is 8.31. The van der Waals surface area contributed by atoms with Gasteiger partial charge < -0.3 is 24.2 Å². The van der Waals surface area contributed by atoms with Crippen molar-refractivity contribution in [1.29, 1.82) is 0 Å². The minimum absolute atomic E-state index is 0.00775. The molecule has 0 unspecified atom stereocenters. The van der Waals surface area contributed by atoms with Gasteiger partial charge in [0.2, 0.25) is 11.9 Å². The quantitative estimate of drug-likeness (QED) is 0.659. The largest absolute Gasteiger partial charge is 0.468 e. The minimum Gasteiger partial charge on any atom is -0.468 e. The van der Waals surface area contributed by atoms with E-state index in [4.69, 9.17) is 4.74 Å². The Bertz CT molecular complexity index is 663. The molecular formula is C17H25N5O4. The number of amides is 1. The van der Waals surface area contributed by atoms with Crippen LogP contribution in [-0.2, 0) is 25.5 Å². The fourth-order valence-electron chi connectivity index (χ4n) is 3.01. The van der Waals surface area contributed by atoms with E-state index in [0.29, 0.717) is 32.3 Å². The van der Waals surface area contributed by atoms with E-state index in [0.717, 1.165) is 31.0 Å². The average Bonchev–Trinajstić information content (AvgIpc) is 2.69. The molecule has 2 fully saturated rings.